The van der Waals surface area contributed by atoms with Gasteiger partial charge in [0.05, 0.1) is 12.7 Å². The van der Waals surface area contributed by atoms with Gasteiger partial charge in [-0.05, 0) is 64.4 Å². The smallest absolute Gasteiger partial charge is 0.414 e. The highest BCUT2D eigenvalue weighted by Crippen LogP contribution is 2.57. The number of aromatic hydroxyl groups is 1. The minimum Gasteiger partial charge on any atom is -0.504 e. The molecule has 4 atom stereocenters. The van der Waals surface area contributed by atoms with Crippen LogP contribution in [-0.2, 0) is 24.5 Å². The first-order valence-corrected chi connectivity index (χ1v) is 16.2. The summed E-state index contributed by atoms with van der Waals surface area (Å²) in [4.78, 5) is 53.7. The SMILES string of the molecule is CCC(=O)NC(CCCN=C(N)N)C(=O)NCCN(C)C(=O)OC1=CCC2(O)C(C)N(C)CCC2(c2c(C)ccc(OC)c2O)C1.O=CO. The second-order valence-corrected chi connectivity index (χ2v) is 12.4. The lowest BCUT2D eigenvalue weighted by molar-refractivity contribution is -0.134. The summed E-state index contributed by atoms with van der Waals surface area (Å²) < 4.78 is 11.3. The van der Waals surface area contributed by atoms with E-state index in [1.54, 1.807) is 26.1 Å². The van der Waals surface area contributed by atoms with E-state index in [4.69, 9.17) is 30.8 Å². The molecule has 274 valence electrons. The molecule has 0 bridgehead atoms. The summed E-state index contributed by atoms with van der Waals surface area (Å²) in [6.07, 6.45) is 3.10. The van der Waals surface area contributed by atoms with Gasteiger partial charge in [0, 0.05) is 63.0 Å². The molecule has 1 aromatic rings. The minimum atomic E-state index is -1.26. The van der Waals surface area contributed by atoms with E-state index in [9.17, 15) is 24.6 Å². The summed E-state index contributed by atoms with van der Waals surface area (Å²) in [6.45, 7) is 6.56. The van der Waals surface area contributed by atoms with Crippen LogP contribution in [0.5, 0.6) is 11.5 Å². The van der Waals surface area contributed by atoms with Crippen LogP contribution in [0.1, 0.15) is 63.5 Å². The molecule has 1 aliphatic heterocycles. The number of hydrogen-bond acceptors (Lipinski definition) is 10. The lowest BCUT2D eigenvalue weighted by atomic mass is 9.54. The molecule has 1 aliphatic carbocycles. The number of phenolic OH excluding ortho intramolecular Hbond substituents is 1. The average molecular weight is 692 g/mol. The van der Waals surface area contributed by atoms with Crippen LogP contribution in [0.25, 0.3) is 0 Å². The molecule has 1 fully saturated rings. The van der Waals surface area contributed by atoms with Gasteiger partial charge in [-0.15, -0.1) is 0 Å². The maximum atomic E-state index is 13.2. The van der Waals surface area contributed by atoms with Crippen LogP contribution in [0, 0.1) is 6.92 Å². The Balaban J connectivity index is 0.00000267. The Bertz CT molecular complexity index is 1380. The summed E-state index contributed by atoms with van der Waals surface area (Å²) in [7, 11) is 5.01. The van der Waals surface area contributed by atoms with E-state index in [0.717, 1.165) is 5.56 Å². The Morgan fingerprint density at radius 2 is 1.96 bits per heavy atom. The van der Waals surface area contributed by atoms with Crippen LogP contribution in [0.3, 0.4) is 0 Å². The summed E-state index contributed by atoms with van der Waals surface area (Å²) in [5, 5.41) is 36.0. The molecule has 4 unspecified atom stereocenters. The lowest BCUT2D eigenvalue weighted by Gasteiger charge is -2.59. The van der Waals surface area contributed by atoms with Gasteiger partial charge in [0.1, 0.15) is 11.8 Å². The number of benzene rings is 1. The topological polar surface area (TPSA) is 242 Å². The fourth-order valence-electron chi connectivity index (χ4n) is 6.56. The van der Waals surface area contributed by atoms with Crippen LogP contribution >= 0.6 is 0 Å². The van der Waals surface area contributed by atoms with E-state index in [0.29, 0.717) is 49.4 Å². The van der Waals surface area contributed by atoms with Crippen molar-refractivity contribution in [3.8, 4) is 11.5 Å². The molecule has 0 radical (unpaired) electrons. The highest BCUT2D eigenvalue weighted by Gasteiger charge is 2.61. The highest BCUT2D eigenvalue weighted by atomic mass is 16.6. The Kier molecular flexibility index (Phi) is 15.1. The Morgan fingerprint density at radius 3 is 2.57 bits per heavy atom. The van der Waals surface area contributed by atoms with Crippen molar-refractivity contribution >= 4 is 30.3 Å². The Hall–Kier alpha value is -4.57. The first-order valence-electron chi connectivity index (χ1n) is 16.2. The molecule has 2 aliphatic rings. The maximum Gasteiger partial charge on any atom is 0.414 e. The third kappa shape index (κ3) is 9.75. The first kappa shape index (κ1) is 40.6. The van der Waals surface area contributed by atoms with Gasteiger partial charge in [0.15, 0.2) is 17.5 Å². The third-order valence-electron chi connectivity index (χ3n) is 9.43. The largest absolute Gasteiger partial charge is 0.504 e. The molecule has 0 aromatic heterocycles. The molecular weight excluding hydrogens is 638 g/mol. The van der Waals surface area contributed by atoms with E-state index in [1.165, 1.54) is 12.0 Å². The number of nitrogens with two attached hydrogens (primary N) is 2. The molecule has 1 saturated heterocycles. The predicted octanol–water partition coefficient (Wildman–Crippen LogP) is 0.914. The molecule has 0 spiro atoms. The van der Waals surface area contributed by atoms with Gasteiger partial charge in [-0.2, -0.15) is 0 Å². The lowest BCUT2D eigenvalue weighted by Crippen LogP contribution is -2.68. The van der Waals surface area contributed by atoms with Crippen molar-refractivity contribution < 1.29 is 44.0 Å². The van der Waals surface area contributed by atoms with Crippen molar-refractivity contribution in [1.29, 1.82) is 0 Å². The van der Waals surface area contributed by atoms with Crippen LogP contribution < -0.4 is 26.8 Å². The monoisotopic (exact) mass is 691 g/mol. The number of aliphatic imine (C=N–C) groups is 1. The second-order valence-electron chi connectivity index (χ2n) is 12.4. The number of piperidine rings is 1. The molecule has 3 amide bonds. The van der Waals surface area contributed by atoms with E-state index in [-0.39, 0.29) is 68.4 Å². The number of ether oxygens (including phenoxy) is 2. The molecule has 0 saturated carbocycles. The van der Waals surface area contributed by atoms with Gasteiger partial charge in [-0.1, -0.05) is 13.0 Å². The summed E-state index contributed by atoms with van der Waals surface area (Å²) in [6, 6.07) is 2.54. The molecule has 9 N–H and O–H groups in total. The molecule has 1 heterocycles. The minimum absolute atomic E-state index is 0.0252. The number of nitrogens with one attached hydrogen (secondary N) is 2. The molecule has 16 heteroatoms. The van der Waals surface area contributed by atoms with Crippen molar-refractivity contribution in [2.24, 2.45) is 16.5 Å². The molecule has 49 heavy (non-hydrogen) atoms. The van der Waals surface area contributed by atoms with E-state index in [1.807, 2.05) is 27.0 Å². The zero-order chi connectivity index (χ0) is 36.9. The number of phenols is 1. The quantitative estimate of drug-likeness (QED) is 0.0661. The first-order chi connectivity index (χ1) is 23.1. The van der Waals surface area contributed by atoms with Gasteiger partial charge >= 0.3 is 6.09 Å². The number of allylic oxidation sites excluding steroid dienone is 1. The number of nitrogens with zero attached hydrogens (tertiary/aromatic N) is 3. The van der Waals surface area contributed by atoms with Crippen LogP contribution in [0.15, 0.2) is 29.0 Å². The van der Waals surface area contributed by atoms with E-state index >= 15 is 0 Å². The number of aliphatic hydroxyl groups is 1. The van der Waals surface area contributed by atoms with Gasteiger partial charge in [0.25, 0.3) is 6.47 Å². The van der Waals surface area contributed by atoms with Crippen LogP contribution in [0.4, 0.5) is 4.79 Å². The summed E-state index contributed by atoms with van der Waals surface area (Å²) in [5.41, 5.74) is 9.90. The number of hydrogen-bond donors (Lipinski definition) is 7. The molecule has 16 nitrogen and oxygen atoms in total. The number of carbonyl (C=O) groups is 4. The zero-order valence-corrected chi connectivity index (χ0v) is 29.3. The van der Waals surface area contributed by atoms with Crippen molar-refractivity contribution in [2.75, 3.05) is 47.4 Å². The van der Waals surface area contributed by atoms with Gasteiger partial charge in [0.2, 0.25) is 11.8 Å². The standard InChI is InChI=1S/C32H51N7O7.CH2O2/c1-7-25(40)37-23(9-8-15-36-29(33)34)28(42)35-16-18-39(5)30(43)46-22-12-13-32(44)21(3)38(4)17-14-31(32,19-22)26-20(2)10-11-24(45-6)27(26)41;2-1-3/h10-12,21,23,41,44H,7-9,13-19H2,1-6H3,(H,35,42)(H,37,40)(H4,33,34,36);1H,(H,2,3). The van der Waals surface area contributed by atoms with Crippen molar-refractivity contribution in [1.82, 2.24) is 20.4 Å². The van der Waals surface area contributed by atoms with Gasteiger partial charge in [-0.3, -0.25) is 19.4 Å². The van der Waals surface area contributed by atoms with Crippen molar-refractivity contribution in [2.45, 2.75) is 82.4 Å². The molecule has 1 aromatic carbocycles. The summed E-state index contributed by atoms with van der Waals surface area (Å²) >= 11 is 0. The number of guanidine groups is 1. The van der Waals surface area contributed by atoms with Crippen LogP contribution in [-0.4, -0.2) is 121 Å². The average Bonchev–Trinajstić information content (AvgIpc) is 3.05. The van der Waals surface area contributed by atoms with Crippen molar-refractivity contribution in [3.63, 3.8) is 0 Å². The van der Waals surface area contributed by atoms with E-state index < -0.39 is 23.2 Å². The van der Waals surface area contributed by atoms with Gasteiger partial charge in [-0.25, -0.2) is 4.79 Å². The number of likely N-dealkylation sites (tertiary alicyclic amines) is 1. The fourth-order valence-corrected chi connectivity index (χ4v) is 6.56. The predicted molar refractivity (Wildman–Crippen MR) is 183 cm³/mol. The number of likely N-dealkylation sites (N-methyl/N-ethyl adjacent to an activating group) is 2. The maximum absolute atomic E-state index is 13.2. The fraction of sp³-hybridized carbons (Fsp3) is 0.606. The molecular formula is C33H53N7O9. The van der Waals surface area contributed by atoms with Gasteiger partial charge < -0.3 is 56.7 Å². The zero-order valence-electron chi connectivity index (χ0n) is 29.3. The number of rotatable bonds is 13. The normalized spacial score (nSPS) is 22.1. The number of aryl methyl sites for hydroxylation is 1. The number of fused-ring (bicyclic) bond motifs is 1. The van der Waals surface area contributed by atoms with E-state index in [2.05, 4.69) is 20.5 Å². The van der Waals surface area contributed by atoms with Crippen LogP contribution in [0.2, 0.25) is 0 Å². The highest BCUT2D eigenvalue weighted by molar-refractivity contribution is 5.87. The Labute approximate surface area is 287 Å². The second kappa shape index (κ2) is 18.3. The number of carbonyl (C=O) groups excluding carboxylic acids is 3. The Morgan fingerprint density at radius 1 is 1.29 bits per heavy atom. The number of amides is 3. The number of carboxylic acid groups (broad SMARTS) is 1. The third-order valence-corrected chi connectivity index (χ3v) is 9.43. The summed E-state index contributed by atoms with van der Waals surface area (Å²) in [5.74, 6) is -0.00406. The molecule has 3 rings (SSSR count). The number of methoxy groups -OCH3 is 1. The van der Waals surface area contributed by atoms with Crippen molar-refractivity contribution in [3.05, 3.63) is 35.1 Å².